The molecular formula is C28H44ClNO6. The minimum atomic E-state index is -1.06. The monoisotopic (exact) mass is 525 g/mol. The Morgan fingerprint density at radius 1 is 1.25 bits per heavy atom. The topological polar surface area (TPSA) is 85.4 Å². The largest absolute Gasteiger partial charge is 0.462 e. The third-order valence-electron chi connectivity index (χ3n) is 7.12. The molecule has 0 aromatic rings. The molecule has 2 rings (SSSR count). The number of hydrogen-bond acceptors (Lipinski definition) is 6. The first-order valence-corrected chi connectivity index (χ1v) is 13.7. The van der Waals surface area contributed by atoms with Gasteiger partial charge in [-0.1, -0.05) is 69.7 Å². The maximum atomic E-state index is 12.9. The summed E-state index contributed by atoms with van der Waals surface area (Å²) in [6.07, 6.45) is 14.9. The molecule has 1 heterocycles. The Morgan fingerprint density at radius 3 is 2.64 bits per heavy atom. The lowest BCUT2D eigenvalue weighted by Crippen LogP contribution is -2.44. The number of allylic oxidation sites excluding steroid dienone is 1. The number of nitrogens with zero attached hydrogens (tertiary/aromatic N) is 1. The van der Waals surface area contributed by atoms with Gasteiger partial charge in [-0.15, -0.1) is 0 Å². The summed E-state index contributed by atoms with van der Waals surface area (Å²) in [5.41, 5.74) is -1.06. The van der Waals surface area contributed by atoms with E-state index in [1.54, 1.807) is 32.1 Å². The predicted octanol–water partition coefficient (Wildman–Crippen LogP) is 5.35. The molecule has 1 amide bonds. The third-order valence-corrected chi connectivity index (χ3v) is 7.35. The van der Waals surface area contributed by atoms with Gasteiger partial charge in [-0.3, -0.25) is 14.4 Å². The molecule has 204 valence electrons. The first kappa shape index (κ1) is 30.5. The van der Waals surface area contributed by atoms with Crippen molar-refractivity contribution in [1.29, 1.82) is 0 Å². The molecule has 0 aromatic carbocycles. The maximum absolute atomic E-state index is 12.9. The van der Waals surface area contributed by atoms with E-state index in [0.29, 0.717) is 24.3 Å². The van der Waals surface area contributed by atoms with Crippen molar-refractivity contribution >= 4 is 29.3 Å². The van der Waals surface area contributed by atoms with E-state index in [2.05, 4.69) is 13.0 Å². The number of esters is 1. The zero-order valence-electron chi connectivity index (χ0n) is 22.6. The van der Waals surface area contributed by atoms with E-state index < -0.39 is 23.6 Å². The van der Waals surface area contributed by atoms with Gasteiger partial charge in [-0.25, -0.2) is 0 Å². The third kappa shape index (κ3) is 9.00. The minimum Gasteiger partial charge on any atom is -0.462 e. The van der Waals surface area contributed by atoms with Gasteiger partial charge in [0.15, 0.2) is 11.4 Å². The molecule has 2 aliphatic rings. The van der Waals surface area contributed by atoms with Crippen LogP contribution in [-0.4, -0.2) is 67.2 Å². The number of amides is 1. The molecule has 1 saturated heterocycles. The number of fused-ring (bicyclic) bond motifs is 1. The molecule has 7 nitrogen and oxygen atoms in total. The number of carbonyl (C=O) groups excluding carboxylic acids is 3. The molecule has 0 N–H and O–H groups in total. The fourth-order valence-electron chi connectivity index (χ4n) is 4.81. The number of ketones is 1. The zero-order valence-corrected chi connectivity index (χ0v) is 23.4. The van der Waals surface area contributed by atoms with Crippen molar-refractivity contribution in [2.24, 2.45) is 5.92 Å². The van der Waals surface area contributed by atoms with Gasteiger partial charge in [0.2, 0.25) is 5.91 Å². The Hall–Kier alpha value is -1.70. The average molecular weight is 526 g/mol. The minimum absolute atomic E-state index is 0.0190. The fourth-order valence-corrected chi connectivity index (χ4v) is 5.15. The van der Waals surface area contributed by atoms with Crippen LogP contribution in [0.25, 0.3) is 0 Å². The molecule has 5 atom stereocenters. The number of methoxy groups -OCH3 is 1. The number of hydrogen-bond donors (Lipinski definition) is 0. The van der Waals surface area contributed by atoms with Crippen molar-refractivity contribution in [2.75, 3.05) is 20.7 Å². The summed E-state index contributed by atoms with van der Waals surface area (Å²) in [6.45, 7) is 5.50. The second-order valence-corrected chi connectivity index (χ2v) is 10.6. The van der Waals surface area contributed by atoms with Crippen molar-refractivity contribution in [3.63, 3.8) is 0 Å². The van der Waals surface area contributed by atoms with Crippen LogP contribution in [0.3, 0.4) is 0 Å². The van der Waals surface area contributed by atoms with Crippen molar-refractivity contribution < 1.29 is 28.6 Å². The van der Waals surface area contributed by atoms with Crippen molar-refractivity contribution in [3.8, 4) is 0 Å². The quantitative estimate of drug-likeness (QED) is 0.117. The number of likely N-dealkylation sites (N-methyl/N-ethyl adjacent to an activating group) is 1. The van der Waals surface area contributed by atoms with Crippen LogP contribution in [0.4, 0.5) is 0 Å². The van der Waals surface area contributed by atoms with Crippen LogP contribution in [0.15, 0.2) is 23.3 Å². The molecule has 0 aromatic heterocycles. The SMILES string of the molecule is CCCCCCCC(C/C=C/CCC(=O)N(C)C/C(Cl)=C/C12OC1CC(OC(C)=O)C(C)C2=O)OC. The van der Waals surface area contributed by atoms with Gasteiger partial charge in [0, 0.05) is 39.0 Å². The van der Waals surface area contributed by atoms with Crippen LogP contribution in [0.5, 0.6) is 0 Å². The first-order valence-electron chi connectivity index (χ1n) is 13.3. The smallest absolute Gasteiger partial charge is 0.302 e. The summed E-state index contributed by atoms with van der Waals surface area (Å²) < 4.78 is 16.5. The zero-order chi connectivity index (χ0) is 26.7. The highest BCUT2D eigenvalue weighted by atomic mass is 35.5. The van der Waals surface area contributed by atoms with Gasteiger partial charge < -0.3 is 19.1 Å². The summed E-state index contributed by atoms with van der Waals surface area (Å²) in [6, 6.07) is 0. The lowest BCUT2D eigenvalue weighted by atomic mass is 9.78. The summed E-state index contributed by atoms with van der Waals surface area (Å²) in [5, 5.41) is 0.386. The van der Waals surface area contributed by atoms with Gasteiger partial charge in [-0.05, 0) is 25.3 Å². The summed E-state index contributed by atoms with van der Waals surface area (Å²) in [5.74, 6) is -1.04. The average Bonchev–Trinajstić information content (AvgIpc) is 3.53. The van der Waals surface area contributed by atoms with E-state index in [-0.39, 0.29) is 30.4 Å². The summed E-state index contributed by atoms with van der Waals surface area (Å²) in [7, 11) is 3.46. The number of rotatable bonds is 16. The molecule has 1 aliphatic carbocycles. The van der Waals surface area contributed by atoms with Gasteiger partial charge in [0.05, 0.1) is 18.6 Å². The Kier molecular flexibility index (Phi) is 12.6. The van der Waals surface area contributed by atoms with Crippen LogP contribution >= 0.6 is 11.6 Å². The highest BCUT2D eigenvalue weighted by Crippen LogP contribution is 2.50. The molecule has 2 fully saturated rings. The molecule has 8 heteroatoms. The van der Waals surface area contributed by atoms with Crippen molar-refractivity contribution in [2.45, 2.75) is 109 Å². The lowest BCUT2D eigenvalue weighted by Gasteiger charge is -2.28. The molecule has 1 aliphatic heterocycles. The van der Waals surface area contributed by atoms with E-state index in [1.165, 1.54) is 39.0 Å². The molecule has 5 unspecified atom stereocenters. The van der Waals surface area contributed by atoms with Crippen LogP contribution in [0, 0.1) is 5.92 Å². The molecule has 0 spiro atoms. The van der Waals surface area contributed by atoms with Crippen molar-refractivity contribution in [3.05, 3.63) is 23.3 Å². The Balaban J connectivity index is 1.73. The standard InChI is InChI=1S/C28H44ClNO6/c1-6-7-8-9-11-14-23(34-5)15-12-10-13-16-26(32)30(4)19-22(29)18-28-25(36-28)17-24(35-21(3)31)20(2)27(28)33/h10,12,18,20,23-25H,6-9,11,13-17,19H2,1-5H3/b12-10+,22-18-. The highest BCUT2D eigenvalue weighted by Gasteiger charge is 2.66. The summed E-state index contributed by atoms with van der Waals surface area (Å²) >= 11 is 6.43. The number of ether oxygens (including phenoxy) is 3. The predicted molar refractivity (Wildman–Crippen MR) is 141 cm³/mol. The number of Topliss-reactive ketones (excluding diaryl/α,β-unsaturated/α-hetero) is 1. The Bertz CT molecular complexity index is 812. The highest BCUT2D eigenvalue weighted by molar-refractivity contribution is 6.30. The molecule has 0 bridgehead atoms. The Morgan fingerprint density at radius 2 is 1.97 bits per heavy atom. The normalized spacial score (nSPS) is 26.6. The second kappa shape index (κ2) is 14.9. The molecule has 36 heavy (non-hydrogen) atoms. The van der Waals surface area contributed by atoms with Crippen LogP contribution < -0.4 is 0 Å². The van der Waals surface area contributed by atoms with Crippen LogP contribution in [0.1, 0.15) is 85.0 Å². The van der Waals surface area contributed by atoms with Crippen molar-refractivity contribution in [1.82, 2.24) is 4.90 Å². The Labute approximate surface area is 221 Å². The number of epoxide rings is 1. The van der Waals surface area contributed by atoms with Crippen LogP contribution in [-0.2, 0) is 28.6 Å². The first-order chi connectivity index (χ1) is 17.1. The number of carbonyl (C=O) groups is 3. The van der Waals surface area contributed by atoms with Crippen LogP contribution in [0.2, 0.25) is 0 Å². The molecular weight excluding hydrogens is 482 g/mol. The number of unbranched alkanes of at least 4 members (excludes halogenated alkanes) is 4. The van der Waals surface area contributed by atoms with Gasteiger partial charge in [0.1, 0.15) is 12.2 Å². The number of halogens is 1. The molecule has 0 radical (unpaired) electrons. The summed E-state index contributed by atoms with van der Waals surface area (Å²) in [4.78, 5) is 38.3. The van der Waals surface area contributed by atoms with Gasteiger partial charge >= 0.3 is 5.97 Å². The second-order valence-electron chi connectivity index (χ2n) is 10.1. The maximum Gasteiger partial charge on any atom is 0.302 e. The lowest BCUT2D eigenvalue weighted by molar-refractivity contribution is -0.152. The van der Waals surface area contributed by atoms with Gasteiger partial charge in [-0.2, -0.15) is 0 Å². The van der Waals surface area contributed by atoms with E-state index in [0.717, 1.165) is 12.8 Å². The van der Waals surface area contributed by atoms with E-state index in [1.807, 2.05) is 6.08 Å². The van der Waals surface area contributed by atoms with Gasteiger partial charge in [0.25, 0.3) is 0 Å². The molecule has 1 saturated carbocycles. The van der Waals surface area contributed by atoms with E-state index in [4.69, 9.17) is 25.8 Å². The van der Waals surface area contributed by atoms with E-state index >= 15 is 0 Å². The fraction of sp³-hybridized carbons (Fsp3) is 0.750. The van der Waals surface area contributed by atoms with E-state index in [9.17, 15) is 14.4 Å².